The molecule has 0 heterocycles. The zero-order valence-corrected chi connectivity index (χ0v) is 23.5. The highest BCUT2D eigenvalue weighted by Gasteiger charge is 2.33. The highest BCUT2D eigenvalue weighted by molar-refractivity contribution is 5.76. The van der Waals surface area contributed by atoms with Crippen molar-refractivity contribution in [3.05, 3.63) is 0 Å². The third kappa shape index (κ3) is 12.9. The van der Waals surface area contributed by atoms with Gasteiger partial charge < -0.3 is 23.7 Å². The van der Waals surface area contributed by atoms with Crippen molar-refractivity contribution in [2.75, 3.05) is 14.2 Å². The maximum atomic E-state index is 11.8. The number of methoxy groups -OCH3 is 2. The predicted octanol–water partition coefficient (Wildman–Crippen LogP) is 6.95. The van der Waals surface area contributed by atoms with Gasteiger partial charge in [0.05, 0.1) is 14.2 Å². The third-order valence-electron chi connectivity index (χ3n) is 7.00. The van der Waals surface area contributed by atoms with Crippen molar-refractivity contribution in [1.82, 2.24) is 0 Å². The fourth-order valence-electron chi connectivity index (χ4n) is 4.62. The molecular formula is C26H44O11. The van der Waals surface area contributed by atoms with Crippen LogP contribution in [0.2, 0.25) is 0 Å². The van der Waals surface area contributed by atoms with Gasteiger partial charge in [0, 0.05) is 0 Å². The van der Waals surface area contributed by atoms with Gasteiger partial charge in [-0.1, -0.05) is 41.5 Å². The van der Waals surface area contributed by atoms with Gasteiger partial charge in [0.15, 0.2) is 0 Å². The highest BCUT2D eigenvalue weighted by Crippen LogP contribution is 2.39. The lowest BCUT2D eigenvalue weighted by atomic mass is 9.72. The van der Waals surface area contributed by atoms with E-state index < -0.39 is 24.6 Å². The Morgan fingerprint density at radius 1 is 0.514 bits per heavy atom. The van der Waals surface area contributed by atoms with E-state index in [0.29, 0.717) is 11.8 Å². The molecular weight excluding hydrogens is 488 g/mol. The Morgan fingerprint density at radius 3 is 1.05 bits per heavy atom. The van der Waals surface area contributed by atoms with Crippen LogP contribution in [0.5, 0.6) is 0 Å². The zero-order valence-electron chi connectivity index (χ0n) is 23.5. The lowest BCUT2D eigenvalue weighted by Gasteiger charge is -2.36. The standard InChI is InChI=1S/C22H38O6.C4H6O5/c1-21(2,3)15-7-11-17(12-8-15)25-19(23)27-28-20(24)26-18-13-9-16(10-14-18)22(4,5)6;1-7-3(5)9-4(6)8-2/h15-18H,7-14H2,1-6H3;1-2H3. The average molecular weight is 533 g/mol. The summed E-state index contributed by atoms with van der Waals surface area (Å²) >= 11 is 0. The molecule has 0 radical (unpaired) electrons. The molecule has 2 aliphatic carbocycles. The van der Waals surface area contributed by atoms with E-state index in [1.54, 1.807) is 0 Å². The fourth-order valence-corrected chi connectivity index (χ4v) is 4.62. The second-order valence-corrected chi connectivity index (χ2v) is 11.6. The molecule has 0 atom stereocenters. The lowest BCUT2D eigenvalue weighted by Crippen LogP contribution is -2.31. The summed E-state index contributed by atoms with van der Waals surface area (Å²) in [5.41, 5.74) is 0.536. The summed E-state index contributed by atoms with van der Waals surface area (Å²) in [4.78, 5) is 52.6. The van der Waals surface area contributed by atoms with E-state index >= 15 is 0 Å². The normalized spacial score (nSPS) is 23.8. The summed E-state index contributed by atoms with van der Waals surface area (Å²) in [5, 5.41) is 0. The van der Waals surface area contributed by atoms with Gasteiger partial charge in [-0.25, -0.2) is 9.59 Å². The molecule has 2 saturated carbocycles. The molecule has 0 spiro atoms. The van der Waals surface area contributed by atoms with Gasteiger partial charge in [-0.3, -0.25) is 0 Å². The van der Waals surface area contributed by atoms with Gasteiger partial charge in [0.1, 0.15) is 12.2 Å². The molecule has 11 heteroatoms. The van der Waals surface area contributed by atoms with Crippen LogP contribution in [0, 0.1) is 22.7 Å². The Labute approximate surface area is 219 Å². The Bertz CT molecular complexity index is 673. The first-order valence-electron chi connectivity index (χ1n) is 12.7. The van der Waals surface area contributed by atoms with Gasteiger partial charge in [0.2, 0.25) is 0 Å². The van der Waals surface area contributed by atoms with Gasteiger partial charge in [-0.2, -0.15) is 19.4 Å². The molecule has 11 nitrogen and oxygen atoms in total. The van der Waals surface area contributed by atoms with Crippen molar-refractivity contribution in [3.63, 3.8) is 0 Å². The summed E-state index contributed by atoms with van der Waals surface area (Å²) in [7, 11) is 2.18. The van der Waals surface area contributed by atoms with Gasteiger partial charge in [-0.05, 0) is 74.0 Å². The van der Waals surface area contributed by atoms with E-state index in [4.69, 9.17) is 9.47 Å². The summed E-state index contributed by atoms with van der Waals surface area (Å²) in [6.07, 6.45) is 2.79. The molecule has 0 amide bonds. The van der Waals surface area contributed by atoms with Gasteiger partial charge in [-0.15, -0.1) is 0 Å². The van der Waals surface area contributed by atoms with E-state index in [9.17, 15) is 19.2 Å². The fraction of sp³-hybridized carbons (Fsp3) is 0.846. The second kappa shape index (κ2) is 14.9. The minimum absolute atomic E-state index is 0.182. The number of hydrogen-bond donors (Lipinski definition) is 0. The molecule has 0 bridgehead atoms. The first kappa shape index (κ1) is 32.3. The molecule has 2 fully saturated rings. The molecule has 0 N–H and O–H groups in total. The average Bonchev–Trinajstić information content (AvgIpc) is 2.82. The quantitative estimate of drug-likeness (QED) is 0.120. The van der Waals surface area contributed by atoms with Crippen molar-refractivity contribution >= 4 is 24.6 Å². The highest BCUT2D eigenvalue weighted by atomic mass is 17.3. The SMILES string of the molecule is CC(C)(C)C1CCC(OC(=O)OOC(=O)OC2CCC(C(C)(C)C)CC2)CC1.COC(=O)OC(=O)OC. The minimum atomic E-state index is -1.08. The van der Waals surface area contributed by atoms with Crippen LogP contribution < -0.4 is 0 Å². The van der Waals surface area contributed by atoms with E-state index in [1.165, 1.54) is 0 Å². The maximum Gasteiger partial charge on any atom is 0.550 e. The summed E-state index contributed by atoms with van der Waals surface area (Å²) in [5.74, 6) is 1.26. The Hall–Kier alpha value is -2.72. The first-order chi connectivity index (χ1) is 17.1. The Morgan fingerprint density at radius 2 is 0.811 bits per heavy atom. The molecule has 0 aromatic heterocycles. The van der Waals surface area contributed by atoms with Crippen molar-refractivity contribution in [2.24, 2.45) is 22.7 Å². The van der Waals surface area contributed by atoms with Crippen LogP contribution in [0.25, 0.3) is 0 Å². The zero-order chi connectivity index (χ0) is 28.2. The third-order valence-corrected chi connectivity index (χ3v) is 7.00. The molecule has 2 aliphatic rings. The Balaban J connectivity index is 0.000000649. The summed E-state index contributed by atoms with van der Waals surface area (Å²) < 4.78 is 22.2. The largest absolute Gasteiger partial charge is 0.550 e. The molecule has 0 unspecified atom stereocenters. The summed E-state index contributed by atoms with van der Waals surface area (Å²) in [6.45, 7) is 13.4. The smallest absolute Gasteiger partial charge is 0.437 e. The van der Waals surface area contributed by atoms with Crippen molar-refractivity contribution in [1.29, 1.82) is 0 Å². The van der Waals surface area contributed by atoms with E-state index in [2.05, 4.69) is 65.5 Å². The number of hydrogen-bond acceptors (Lipinski definition) is 11. The van der Waals surface area contributed by atoms with Crippen LogP contribution in [0.1, 0.15) is 92.9 Å². The predicted molar refractivity (Wildman–Crippen MR) is 131 cm³/mol. The van der Waals surface area contributed by atoms with Crippen molar-refractivity contribution in [3.8, 4) is 0 Å². The molecule has 0 saturated heterocycles. The van der Waals surface area contributed by atoms with Crippen molar-refractivity contribution in [2.45, 2.75) is 105 Å². The van der Waals surface area contributed by atoms with Gasteiger partial charge in [0.25, 0.3) is 0 Å². The molecule has 0 aliphatic heterocycles. The summed E-state index contributed by atoms with van der Waals surface area (Å²) in [6, 6.07) is 0. The van der Waals surface area contributed by atoms with Crippen LogP contribution in [0.4, 0.5) is 19.2 Å². The molecule has 214 valence electrons. The minimum Gasteiger partial charge on any atom is -0.437 e. The van der Waals surface area contributed by atoms with Crippen LogP contribution >= 0.6 is 0 Å². The number of carbonyl (C=O) groups is 4. The van der Waals surface area contributed by atoms with Crippen LogP contribution in [0.3, 0.4) is 0 Å². The number of rotatable bonds is 2. The maximum absolute atomic E-state index is 11.8. The first-order valence-corrected chi connectivity index (χ1v) is 12.7. The Kier molecular flexibility index (Phi) is 13.0. The van der Waals surface area contributed by atoms with E-state index in [-0.39, 0.29) is 23.0 Å². The molecule has 0 aromatic rings. The van der Waals surface area contributed by atoms with E-state index in [1.807, 2.05) is 0 Å². The number of ether oxygens (including phenoxy) is 5. The van der Waals surface area contributed by atoms with Crippen LogP contribution in [-0.4, -0.2) is 51.0 Å². The molecule has 0 aromatic carbocycles. The second-order valence-electron chi connectivity index (χ2n) is 11.6. The number of carbonyl (C=O) groups excluding carboxylic acids is 4. The van der Waals surface area contributed by atoms with Crippen molar-refractivity contribution < 1.29 is 52.6 Å². The monoisotopic (exact) mass is 532 g/mol. The van der Waals surface area contributed by atoms with Crippen LogP contribution in [0.15, 0.2) is 0 Å². The molecule has 37 heavy (non-hydrogen) atoms. The van der Waals surface area contributed by atoms with Crippen LogP contribution in [-0.2, 0) is 33.5 Å². The van der Waals surface area contributed by atoms with Gasteiger partial charge >= 0.3 is 24.6 Å². The molecule has 2 rings (SSSR count). The topological polar surface area (TPSA) is 133 Å². The van der Waals surface area contributed by atoms with E-state index in [0.717, 1.165) is 65.6 Å². The lowest BCUT2D eigenvalue weighted by molar-refractivity contribution is -0.227.